The van der Waals surface area contributed by atoms with E-state index in [0.29, 0.717) is 0 Å². The van der Waals surface area contributed by atoms with Crippen molar-refractivity contribution in [3.05, 3.63) is 65.2 Å². The quantitative estimate of drug-likeness (QED) is 0.610. The zero-order valence-corrected chi connectivity index (χ0v) is 14.7. The minimum Gasteiger partial charge on any atom is -0.473 e. The van der Waals surface area contributed by atoms with Crippen LogP contribution in [0.15, 0.2) is 48.5 Å². The number of nitrogens with one attached hydrogen (secondary N) is 2. The van der Waals surface area contributed by atoms with Crippen LogP contribution >= 0.6 is 0 Å². The fourth-order valence-electron chi connectivity index (χ4n) is 1.97. The van der Waals surface area contributed by atoms with Crippen LogP contribution in [-0.4, -0.2) is 28.1 Å². The van der Waals surface area contributed by atoms with Gasteiger partial charge < -0.3 is 20.8 Å². The highest BCUT2D eigenvalue weighted by Gasteiger charge is 2.04. The number of hydrogen-bond acceptors (Lipinski definition) is 4. The lowest BCUT2D eigenvalue weighted by atomic mass is 10.1. The van der Waals surface area contributed by atoms with E-state index in [1.54, 1.807) is 0 Å². The van der Waals surface area contributed by atoms with Crippen LogP contribution in [0.3, 0.4) is 0 Å². The number of benzene rings is 2. The lowest BCUT2D eigenvalue weighted by molar-refractivity contribution is -0.159. The predicted octanol–water partition coefficient (Wildman–Crippen LogP) is 2.40. The summed E-state index contributed by atoms with van der Waals surface area (Å²) in [5.74, 6) is -3.69. The van der Waals surface area contributed by atoms with E-state index in [1.807, 2.05) is 24.3 Å². The normalized spacial score (nSPS) is 9.62. The fraction of sp³-hybridized carbons (Fsp3) is 0.211. The molecule has 0 fully saturated rings. The molecule has 2 aromatic carbocycles. The summed E-state index contributed by atoms with van der Waals surface area (Å²) in [5.41, 5.74) is 4.60. The van der Waals surface area contributed by atoms with Gasteiger partial charge in [0, 0.05) is 25.7 Å². The molecule has 0 aliphatic heterocycles. The molecule has 0 unspecified atom stereocenters. The van der Waals surface area contributed by atoms with Gasteiger partial charge in [-0.1, -0.05) is 42.0 Å². The van der Waals surface area contributed by atoms with E-state index >= 15 is 0 Å². The summed E-state index contributed by atoms with van der Waals surface area (Å²) < 4.78 is 0. The third-order valence-electron chi connectivity index (χ3n) is 3.24. The molecular formula is C19H22N2O5. The second-order valence-electron chi connectivity index (χ2n) is 5.58. The van der Waals surface area contributed by atoms with Crippen LogP contribution in [0.5, 0.6) is 0 Å². The predicted molar refractivity (Wildman–Crippen MR) is 97.7 cm³/mol. The highest BCUT2D eigenvalue weighted by atomic mass is 16.4. The van der Waals surface area contributed by atoms with Gasteiger partial charge in [-0.2, -0.15) is 0 Å². The van der Waals surface area contributed by atoms with Crippen molar-refractivity contribution < 1.29 is 24.6 Å². The maximum atomic E-state index is 10.9. The lowest BCUT2D eigenvalue weighted by Crippen LogP contribution is -2.12. The summed E-state index contributed by atoms with van der Waals surface area (Å²) in [7, 11) is 0. The second kappa shape index (κ2) is 10.6. The molecular weight excluding hydrogens is 336 g/mol. The van der Waals surface area contributed by atoms with Gasteiger partial charge in [0.2, 0.25) is 5.91 Å². The number of rotatable bonds is 5. The SMILES string of the molecule is CC(=O)Nc1ccc(CNCc2ccc(C)cc2)cc1.O=C(O)C(=O)O. The zero-order valence-electron chi connectivity index (χ0n) is 14.7. The number of carboxylic acid groups (broad SMARTS) is 2. The van der Waals surface area contributed by atoms with E-state index in [9.17, 15) is 4.79 Å². The molecule has 0 radical (unpaired) electrons. The molecule has 1 amide bonds. The van der Waals surface area contributed by atoms with Gasteiger partial charge in [-0.3, -0.25) is 4.79 Å². The molecule has 7 heteroatoms. The Kier molecular flexibility index (Phi) is 8.52. The first-order chi connectivity index (χ1) is 12.3. The van der Waals surface area contributed by atoms with E-state index < -0.39 is 11.9 Å². The summed E-state index contributed by atoms with van der Waals surface area (Å²) in [6.07, 6.45) is 0. The number of carbonyl (C=O) groups excluding carboxylic acids is 1. The topological polar surface area (TPSA) is 116 Å². The molecule has 0 spiro atoms. The van der Waals surface area contributed by atoms with E-state index in [1.165, 1.54) is 23.6 Å². The summed E-state index contributed by atoms with van der Waals surface area (Å²) in [4.78, 5) is 29.1. The number of aryl methyl sites for hydroxylation is 1. The van der Waals surface area contributed by atoms with Gasteiger partial charge in [0.05, 0.1) is 0 Å². The summed E-state index contributed by atoms with van der Waals surface area (Å²) >= 11 is 0. The standard InChI is InChI=1S/C17H20N2O.C2H2O4/c1-13-3-5-15(6-4-13)11-18-12-16-7-9-17(10-8-16)19-14(2)20;3-1(4)2(5)6/h3-10,18H,11-12H2,1-2H3,(H,19,20);(H,3,4)(H,5,6). The molecule has 7 nitrogen and oxygen atoms in total. The largest absolute Gasteiger partial charge is 0.473 e. The second-order valence-corrected chi connectivity index (χ2v) is 5.58. The van der Waals surface area contributed by atoms with E-state index in [0.717, 1.165) is 18.8 Å². The van der Waals surface area contributed by atoms with E-state index in [2.05, 4.69) is 41.8 Å². The van der Waals surface area contributed by atoms with Crippen LogP contribution in [0.25, 0.3) is 0 Å². The van der Waals surface area contributed by atoms with Gasteiger partial charge in [-0.15, -0.1) is 0 Å². The third-order valence-corrected chi connectivity index (χ3v) is 3.24. The van der Waals surface area contributed by atoms with Crippen molar-refractivity contribution in [2.24, 2.45) is 0 Å². The maximum absolute atomic E-state index is 10.9. The van der Waals surface area contributed by atoms with Crippen LogP contribution in [-0.2, 0) is 27.5 Å². The minimum atomic E-state index is -1.82. The van der Waals surface area contributed by atoms with Crippen LogP contribution < -0.4 is 10.6 Å². The van der Waals surface area contributed by atoms with Crippen molar-refractivity contribution in [1.82, 2.24) is 5.32 Å². The Bertz CT molecular complexity index is 728. The molecule has 138 valence electrons. The summed E-state index contributed by atoms with van der Waals surface area (Å²) in [6.45, 7) is 5.27. The van der Waals surface area contributed by atoms with Gasteiger partial charge in [0.1, 0.15) is 0 Å². The van der Waals surface area contributed by atoms with Crippen LogP contribution in [0.1, 0.15) is 23.6 Å². The van der Waals surface area contributed by atoms with E-state index in [4.69, 9.17) is 19.8 Å². The molecule has 26 heavy (non-hydrogen) atoms. The number of amides is 1. The molecule has 2 aromatic rings. The smallest absolute Gasteiger partial charge is 0.414 e. The number of carbonyl (C=O) groups is 3. The van der Waals surface area contributed by atoms with Gasteiger partial charge in [0.15, 0.2) is 0 Å². The summed E-state index contributed by atoms with van der Waals surface area (Å²) in [5, 5.41) is 21.0. The zero-order chi connectivity index (χ0) is 19.5. The molecule has 0 bridgehead atoms. The van der Waals surface area contributed by atoms with Crippen LogP contribution in [0.2, 0.25) is 0 Å². The number of aliphatic carboxylic acids is 2. The maximum Gasteiger partial charge on any atom is 0.414 e. The van der Waals surface area contributed by atoms with Gasteiger partial charge >= 0.3 is 11.9 Å². The first kappa shape index (κ1) is 20.9. The minimum absolute atomic E-state index is 0.0461. The first-order valence-electron chi connectivity index (χ1n) is 7.87. The molecule has 4 N–H and O–H groups in total. The Labute approximate surface area is 151 Å². The molecule has 0 atom stereocenters. The molecule has 0 aromatic heterocycles. The highest BCUT2D eigenvalue weighted by Crippen LogP contribution is 2.09. The average Bonchev–Trinajstić information content (AvgIpc) is 2.58. The van der Waals surface area contributed by atoms with Crippen LogP contribution in [0.4, 0.5) is 5.69 Å². The summed E-state index contributed by atoms with van der Waals surface area (Å²) in [6, 6.07) is 16.4. The Hall–Kier alpha value is -3.19. The molecule has 0 saturated heterocycles. The van der Waals surface area contributed by atoms with Crippen molar-refractivity contribution in [2.45, 2.75) is 26.9 Å². The molecule has 0 heterocycles. The number of hydrogen-bond donors (Lipinski definition) is 4. The van der Waals surface area contributed by atoms with Gasteiger partial charge in [-0.05, 0) is 30.2 Å². The van der Waals surface area contributed by atoms with Gasteiger partial charge in [0.25, 0.3) is 0 Å². The van der Waals surface area contributed by atoms with Crippen LogP contribution in [0, 0.1) is 6.92 Å². The fourth-order valence-corrected chi connectivity index (χ4v) is 1.97. The van der Waals surface area contributed by atoms with Crippen molar-refractivity contribution in [2.75, 3.05) is 5.32 Å². The number of anilines is 1. The Morgan fingerprint density at radius 2 is 1.23 bits per heavy atom. The van der Waals surface area contributed by atoms with Crippen molar-refractivity contribution >= 4 is 23.5 Å². The van der Waals surface area contributed by atoms with Crippen molar-refractivity contribution in [3.63, 3.8) is 0 Å². The Morgan fingerprint density at radius 1 is 0.808 bits per heavy atom. The molecule has 0 aliphatic carbocycles. The monoisotopic (exact) mass is 358 g/mol. The highest BCUT2D eigenvalue weighted by molar-refractivity contribution is 6.27. The Morgan fingerprint density at radius 3 is 1.62 bits per heavy atom. The first-order valence-corrected chi connectivity index (χ1v) is 7.87. The molecule has 0 saturated carbocycles. The average molecular weight is 358 g/mol. The number of carboxylic acids is 2. The van der Waals surface area contributed by atoms with Crippen molar-refractivity contribution in [1.29, 1.82) is 0 Å². The van der Waals surface area contributed by atoms with E-state index in [-0.39, 0.29) is 5.91 Å². The third kappa shape index (κ3) is 8.60. The Balaban J connectivity index is 0.000000487. The van der Waals surface area contributed by atoms with Crippen molar-refractivity contribution in [3.8, 4) is 0 Å². The molecule has 2 rings (SSSR count). The lowest BCUT2D eigenvalue weighted by Gasteiger charge is -2.07. The van der Waals surface area contributed by atoms with Gasteiger partial charge in [-0.25, -0.2) is 9.59 Å². The molecule has 0 aliphatic rings.